The number of nitrogens with two attached hydrogens (primary N) is 1. The summed E-state index contributed by atoms with van der Waals surface area (Å²) in [6.07, 6.45) is 0.723. The van der Waals surface area contributed by atoms with Gasteiger partial charge in [0.1, 0.15) is 11.6 Å². The number of nitrogens with one attached hydrogen (secondary N) is 2. The number of nitrogen functional groups attached to an aromatic ring is 1. The highest BCUT2D eigenvalue weighted by Gasteiger charge is 2.16. The highest BCUT2D eigenvalue weighted by atomic mass is 19.1. The van der Waals surface area contributed by atoms with Crippen LogP contribution in [-0.2, 0) is 6.42 Å². The van der Waals surface area contributed by atoms with Crippen LogP contribution in [0.1, 0.15) is 23.0 Å². The Morgan fingerprint density at radius 2 is 2.11 bits per heavy atom. The Balaban J connectivity index is 2.22. The maximum Gasteiger partial charge on any atom is 0.259 e. The van der Waals surface area contributed by atoms with Crippen molar-refractivity contribution < 1.29 is 13.6 Å². The van der Waals surface area contributed by atoms with Gasteiger partial charge in [0.25, 0.3) is 5.91 Å². The molecule has 0 fully saturated rings. The highest BCUT2D eigenvalue weighted by Crippen LogP contribution is 2.18. The molecule has 4 N–H and O–H groups in total. The van der Waals surface area contributed by atoms with E-state index in [1.807, 2.05) is 6.92 Å². The van der Waals surface area contributed by atoms with E-state index < -0.39 is 17.5 Å². The molecule has 0 aliphatic heterocycles. The van der Waals surface area contributed by atoms with Gasteiger partial charge in [-0.2, -0.15) is 5.10 Å². The second-order valence-electron chi connectivity index (χ2n) is 3.94. The Labute approximate surface area is 107 Å². The molecule has 0 atom stereocenters. The van der Waals surface area contributed by atoms with Gasteiger partial charge in [0.2, 0.25) is 0 Å². The first kappa shape index (κ1) is 13.0. The van der Waals surface area contributed by atoms with Gasteiger partial charge in [-0.05, 0) is 12.5 Å². The van der Waals surface area contributed by atoms with E-state index in [2.05, 4.69) is 15.5 Å². The van der Waals surface area contributed by atoms with Crippen molar-refractivity contribution in [3.63, 3.8) is 0 Å². The molecule has 0 radical (unpaired) electrons. The lowest BCUT2D eigenvalue weighted by Gasteiger charge is -2.05. The summed E-state index contributed by atoms with van der Waals surface area (Å²) < 4.78 is 26.5. The number of aromatic nitrogens is 2. The standard InChI is InChI=1S/C12H12F2N4O/c1-2-6-3-11(18-17-6)16-12(19)7-4-10(15)9(14)5-8(7)13/h3-5H,2,15H2,1H3,(H2,16,17,18,19). The van der Waals surface area contributed by atoms with Crippen LogP contribution in [0.2, 0.25) is 0 Å². The third-order valence-electron chi connectivity index (χ3n) is 2.58. The van der Waals surface area contributed by atoms with E-state index in [1.54, 1.807) is 6.07 Å². The SMILES string of the molecule is CCc1cc(NC(=O)c2cc(N)c(F)cc2F)n[nH]1. The Morgan fingerprint density at radius 3 is 2.74 bits per heavy atom. The van der Waals surface area contributed by atoms with Gasteiger partial charge in [0.05, 0.1) is 11.3 Å². The summed E-state index contributed by atoms with van der Waals surface area (Å²) in [5.74, 6) is -2.35. The molecule has 19 heavy (non-hydrogen) atoms. The molecule has 1 heterocycles. The predicted octanol–water partition coefficient (Wildman–Crippen LogP) is 2.08. The summed E-state index contributed by atoms with van der Waals surface area (Å²) in [5, 5.41) is 8.94. The Hall–Kier alpha value is -2.44. The maximum atomic E-state index is 13.5. The lowest BCUT2D eigenvalue weighted by Crippen LogP contribution is -2.15. The molecule has 100 valence electrons. The minimum Gasteiger partial charge on any atom is -0.396 e. The third kappa shape index (κ3) is 2.70. The van der Waals surface area contributed by atoms with Crippen molar-refractivity contribution in [3.05, 3.63) is 41.1 Å². The molecular weight excluding hydrogens is 254 g/mol. The zero-order valence-electron chi connectivity index (χ0n) is 10.1. The number of hydrogen-bond acceptors (Lipinski definition) is 3. The average molecular weight is 266 g/mol. The number of H-pyrrole nitrogens is 1. The topological polar surface area (TPSA) is 83.8 Å². The molecule has 0 unspecified atom stereocenters. The number of halogens is 2. The number of carbonyl (C=O) groups is 1. The van der Waals surface area contributed by atoms with Crippen LogP contribution in [0, 0.1) is 11.6 Å². The van der Waals surface area contributed by atoms with E-state index in [0.717, 1.165) is 18.2 Å². The van der Waals surface area contributed by atoms with Crippen molar-refractivity contribution in [2.45, 2.75) is 13.3 Å². The van der Waals surface area contributed by atoms with E-state index in [0.29, 0.717) is 6.07 Å². The van der Waals surface area contributed by atoms with E-state index in [1.165, 1.54) is 0 Å². The van der Waals surface area contributed by atoms with Crippen LogP contribution >= 0.6 is 0 Å². The van der Waals surface area contributed by atoms with Crippen molar-refractivity contribution in [1.29, 1.82) is 0 Å². The number of amides is 1. The van der Waals surface area contributed by atoms with Gasteiger partial charge >= 0.3 is 0 Å². The van der Waals surface area contributed by atoms with Gasteiger partial charge in [-0.3, -0.25) is 9.89 Å². The first-order chi connectivity index (χ1) is 9.01. The predicted molar refractivity (Wildman–Crippen MR) is 66.7 cm³/mol. The monoisotopic (exact) mass is 266 g/mol. The zero-order valence-corrected chi connectivity index (χ0v) is 10.1. The quantitative estimate of drug-likeness (QED) is 0.744. The molecule has 7 heteroatoms. The highest BCUT2D eigenvalue weighted by molar-refractivity contribution is 6.04. The average Bonchev–Trinajstić information content (AvgIpc) is 2.81. The molecule has 0 bridgehead atoms. The number of rotatable bonds is 3. The number of hydrogen-bond donors (Lipinski definition) is 3. The van der Waals surface area contributed by atoms with Crippen LogP contribution in [0.15, 0.2) is 18.2 Å². The van der Waals surface area contributed by atoms with Gasteiger partial charge in [0.15, 0.2) is 5.82 Å². The molecule has 0 saturated heterocycles. The normalized spacial score (nSPS) is 10.5. The molecule has 0 saturated carbocycles. The van der Waals surface area contributed by atoms with Gasteiger partial charge < -0.3 is 11.1 Å². The van der Waals surface area contributed by atoms with Crippen LogP contribution in [-0.4, -0.2) is 16.1 Å². The Bertz CT molecular complexity index is 624. The number of nitrogens with zero attached hydrogens (tertiary/aromatic N) is 1. The molecule has 1 amide bonds. The minimum absolute atomic E-state index is 0.268. The number of aryl methyl sites for hydroxylation is 1. The molecule has 1 aromatic heterocycles. The Morgan fingerprint density at radius 1 is 1.37 bits per heavy atom. The lowest BCUT2D eigenvalue weighted by molar-refractivity contribution is 0.102. The second-order valence-corrected chi connectivity index (χ2v) is 3.94. The molecule has 0 aliphatic rings. The van der Waals surface area contributed by atoms with Crippen molar-refractivity contribution in [1.82, 2.24) is 10.2 Å². The number of carbonyl (C=O) groups excluding carboxylic acids is 1. The summed E-state index contributed by atoms with van der Waals surface area (Å²) in [6.45, 7) is 1.92. The fourth-order valence-electron chi connectivity index (χ4n) is 1.53. The first-order valence-electron chi connectivity index (χ1n) is 5.61. The number of anilines is 2. The van der Waals surface area contributed by atoms with E-state index in [4.69, 9.17) is 5.73 Å². The maximum absolute atomic E-state index is 13.5. The van der Waals surface area contributed by atoms with Crippen LogP contribution in [0.3, 0.4) is 0 Å². The summed E-state index contributed by atoms with van der Waals surface area (Å²) in [7, 11) is 0. The zero-order chi connectivity index (χ0) is 14.0. The van der Waals surface area contributed by atoms with Gasteiger partial charge in [0, 0.05) is 17.8 Å². The number of benzene rings is 1. The van der Waals surface area contributed by atoms with Crippen LogP contribution in [0.25, 0.3) is 0 Å². The summed E-state index contributed by atoms with van der Waals surface area (Å²) >= 11 is 0. The second kappa shape index (κ2) is 5.05. The van der Waals surface area contributed by atoms with E-state index in [-0.39, 0.29) is 17.1 Å². The Kier molecular flexibility index (Phi) is 3.46. The molecular formula is C12H12F2N4O. The van der Waals surface area contributed by atoms with Crippen molar-refractivity contribution in [3.8, 4) is 0 Å². The first-order valence-corrected chi connectivity index (χ1v) is 5.61. The lowest BCUT2D eigenvalue weighted by atomic mass is 10.1. The summed E-state index contributed by atoms with van der Waals surface area (Å²) in [5.41, 5.74) is 5.51. The third-order valence-corrected chi connectivity index (χ3v) is 2.58. The van der Waals surface area contributed by atoms with Gasteiger partial charge in [-0.25, -0.2) is 8.78 Å². The molecule has 5 nitrogen and oxygen atoms in total. The van der Waals surface area contributed by atoms with E-state index >= 15 is 0 Å². The molecule has 0 spiro atoms. The molecule has 0 aliphatic carbocycles. The van der Waals surface area contributed by atoms with Crippen LogP contribution < -0.4 is 11.1 Å². The van der Waals surface area contributed by atoms with Gasteiger partial charge in [-0.1, -0.05) is 6.92 Å². The minimum atomic E-state index is -0.976. The van der Waals surface area contributed by atoms with Crippen molar-refractivity contribution >= 4 is 17.4 Å². The smallest absolute Gasteiger partial charge is 0.259 e. The van der Waals surface area contributed by atoms with Crippen LogP contribution in [0.5, 0.6) is 0 Å². The van der Waals surface area contributed by atoms with Crippen LogP contribution in [0.4, 0.5) is 20.3 Å². The summed E-state index contributed by atoms with van der Waals surface area (Å²) in [4.78, 5) is 11.8. The fourth-order valence-corrected chi connectivity index (χ4v) is 1.53. The van der Waals surface area contributed by atoms with Gasteiger partial charge in [-0.15, -0.1) is 0 Å². The molecule has 2 aromatic rings. The van der Waals surface area contributed by atoms with E-state index in [9.17, 15) is 13.6 Å². The van der Waals surface area contributed by atoms with Crippen molar-refractivity contribution in [2.75, 3.05) is 11.1 Å². The fraction of sp³-hybridized carbons (Fsp3) is 0.167. The summed E-state index contributed by atoms with van der Waals surface area (Å²) in [6, 6.07) is 3.16. The van der Waals surface area contributed by atoms with Crippen molar-refractivity contribution in [2.24, 2.45) is 0 Å². The molecule has 1 aromatic carbocycles. The number of aromatic amines is 1. The largest absolute Gasteiger partial charge is 0.396 e. The molecule has 2 rings (SSSR count).